The Morgan fingerprint density at radius 3 is 1.34 bits per heavy atom. The lowest BCUT2D eigenvalue weighted by Crippen LogP contribution is -2.03. The van der Waals surface area contributed by atoms with E-state index in [4.69, 9.17) is 10.2 Å². The predicted molar refractivity (Wildman–Crippen MR) is 136 cm³/mol. The fourth-order valence-electron chi connectivity index (χ4n) is 3.46. The Bertz CT molecular complexity index is 1250. The van der Waals surface area contributed by atoms with E-state index in [9.17, 15) is 14.4 Å². The third-order valence-corrected chi connectivity index (χ3v) is 5.30. The second-order valence-corrected chi connectivity index (χ2v) is 7.89. The van der Waals surface area contributed by atoms with E-state index in [1.807, 2.05) is 97.1 Å². The quantitative estimate of drug-likeness (QED) is 0.294. The van der Waals surface area contributed by atoms with Crippen molar-refractivity contribution in [2.75, 3.05) is 0 Å². The molecule has 0 fully saturated rings. The molecule has 0 aromatic heterocycles. The van der Waals surface area contributed by atoms with Gasteiger partial charge in [0.05, 0.1) is 12.8 Å². The van der Waals surface area contributed by atoms with Crippen molar-refractivity contribution in [2.45, 2.75) is 19.3 Å². The van der Waals surface area contributed by atoms with Gasteiger partial charge in [-0.15, -0.1) is 0 Å². The van der Waals surface area contributed by atoms with Crippen LogP contribution in [0, 0.1) is 0 Å². The number of carboxylic acid groups (broad SMARTS) is 2. The molecule has 0 radical (unpaired) electrons. The average molecular weight is 467 g/mol. The summed E-state index contributed by atoms with van der Waals surface area (Å²) >= 11 is 0. The summed E-state index contributed by atoms with van der Waals surface area (Å²) < 4.78 is 0. The van der Waals surface area contributed by atoms with E-state index >= 15 is 0 Å². The molecule has 0 aliphatic heterocycles. The Hall–Kier alpha value is -4.51. The van der Waals surface area contributed by atoms with Crippen molar-refractivity contribution in [2.24, 2.45) is 0 Å². The lowest BCUT2D eigenvalue weighted by molar-refractivity contribution is -0.137. The summed E-state index contributed by atoms with van der Waals surface area (Å²) in [7, 11) is 0. The summed E-state index contributed by atoms with van der Waals surface area (Å²) in [5.74, 6) is -1.89. The summed E-state index contributed by atoms with van der Waals surface area (Å²) in [5, 5.41) is 17.2. The van der Waals surface area contributed by atoms with Gasteiger partial charge in [-0.3, -0.25) is 14.4 Å². The molecule has 0 amide bonds. The minimum atomic E-state index is -0.950. The number of benzene rings is 4. The van der Waals surface area contributed by atoms with Gasteiger partial charge < -0.3 is 10.2 Å². The summed E-state index contributed by atoms with van der Waals surface area (Å²) in [5.41, 5.74) is 5.76. The first-order chi connectivity index (χ1) is 16.9. The van der Waals surface area contributed by atoms with E-state index in [0.717, 1.165) is 27.8 Å². The van der Waals surface area contributed by atoms with Gasteiger partial charge in [-0.05, 0) is 27.8 Å². The van der Waals surface area contributed by atoms with Crippen LogP contribution in [0.4, 0.5) is 0 Å². The molecular formula is C30H26O5. The maximum atomic E-state index is 11.7. The highest BCUT2D eigenvalue weighted by atomic mass is 16.4. The normalized spacial score (nSPS) is 10.1. The molecule has 5 heteroatoms. The molecule has 5 nitrogen and oxygen atoms in total. The Balaban J connectivity index is 0.000000198. The van der Waals surface area contributed by atoms with Gasteiger partial charge in [-0.2, -0.15) is 0 Å². The summed E-state index contributed by atoms with van der Waals surface area (Å²) in [6, 6.07) is 34.7. The van der Waals surface area contributed by atoms with Crippen LogP contribution in [0.1, 0.15) is 28.8 Å². The van der Waals surface area contributed by atoms with Gasteiger partial charge in [0, 0.05) is 12.0 Å². The number of rotatable bonds is 8. The van der Waals surface area contributed by atoms with Crippen molar-refractivity contribution in [3.63, 3.8) is 0 Å². The summed E-state index contributed by atoms with van der Waals surface area (Å²) in [6.07, 6.45) is -0.00560. The largest absolute Gasteiger partial charge is 0.481 e. The monoisotopic (exact) mass is 466 g/mol. The van der Waals surface area contributed by atoms with Crippen molar-refractivity contribution in [1.82, 2.24) is 0 Å². The number of Topliss-reactive ketones (excluding diaryl/α,β-unsaturated/α-hetero) is 1. The van der Waals surface area contributed by atoms with Crippen LogP contribution in [0.5, 0.6) is 0 Å². The zero-order chi connectivity index (χ0) is 25.0. The highest BCUT2D eigenvalue weighted by Gasteiger charge is 2.08. The van der Waals surface area contributed by atoms with Crippen molar-refractivity contribution < 1.29 is 24.6 Å². The second-order valence-electron chi connectivity index (χ2n) is 7.89. The maximum Gasteiger partial charge on any atom is 0.307 e. The zero-order valence-electron chi connectivity index (χ0n) is 19.1. The number of hydrogen-bond acceptors (Lipinski definition) is 3. The van der Waals surface area contributed by atoms with E-state index in [1.54, 1.807) is 12.1 Å². The molecule has 4 aromatic rings. The fraction of sp³-hybridized carbons (Fsp3) is 0.100. The molecule has 176 valence electrons. The molecular weight excluding hydrogens is 440 g/mol. The van der Waals surface area contributed by atoms with Crippen LogP contribution in [0.2, 0.25) is 0 Å². The average Bonchev–Trinajstić information content (AvgIpc) is 2.89. The number of carbonyl (C=O) groups is 3. The molecule has 0 spiro atoms. The van der Waals surface area contributed by atoms with Crippen LogP contribution in [-0.4, -0.2) is 27.9 Å². The summed E-state index contributed by atoms with van der Waals surface area (Å²) in [4.78, 5) is 32.7. The Morgan fingerprint density at radius 1 is 0.486 bits per heavy atom. The molecule has 0 aliphatic rings. The van der Waals surface area contributed by atoms with Crippen LogP contribution >= 0.6 is 0 Å². The van der Waals surface area contributed by atoms with Gasteiger partial charge in [0.1, 0.15) is 0 Å². The maximum absolute atomic E-state index is 11.7. The van der Waals surface area contributed by atoms with Gasteiger partial charge in [0.15, 0.2) is 5.78 Å². The molecule has 0 saturated heterocycles. The van der Waals surface area contributed by atoms with Gasteiger partial charge in [-0.1, -0.05) is 109 Å². The lowest BCUT2D eigenvalue weighted by Gasteiger charge is -2.03. The van der Waals surface area contributed by atoms with Gasteiger partial charge >= 0.3 is 11.9 Å². The van der Waals surface area contributed by atoms with E-state index < -0.39 is 11.9 Å². The van der Waals surface area contributed by atoms with E-state index in [2.05, 4.69) is 0 Å². The summed E-state index contributed by atoms with van der Waals surface area (Å²) in [6.45, 7) is 0. The van der Waals surface area contributed by atoms with Crippen molar-refractivity contribution in [3.8, 4) is 22.3 Å². The predicted octanol–water partition coefficient (Wildman–Crippen LogP) is 6.38. The van der Waals surface area contributed by atoms with E-state index in [1.165, 1.54) is 0 Å². The van der Waals surface area contributed by atoms with Crippen molar-refractivity contribution in [3.05, 3.63) is 120 Å². The number of carbonyl (C=O) groups excluding carboxylic acids is 1. The van der Waals surface area contributed by atoms with Gasteiger partial charge in [0.2, 0.25) is 0 Å². The second kappa shape index (κ2) is 12.7. The molecule has 35 heavy (non-hydrogen) atoms. The standard InChI is InChI=1S/C16H14O3.C14H12O2/c17-15(10-11-16(18)19)14-8-6-13(7-9-14)12-4-2-1-3-5-12;15-14(16)10-11-6-8-13(9-7-11)12-4-2-1-3-5-12/h1-9H,10-11H2,(H,18,19);1-9H,10H2,(H,15,16). The van der Waals surface area contributed by atoms with Crippen LogP contribution in [-0.2, 0) is 16.0 Å². The first-order valence-corrected chi connectivity index (χ1v) is 11.2. The Labute approximate surface area is 204 Å². The van der Waals surface area contributed by atoms with E-state index in [-0.39, 0.29) is 25.0 Å². The minimum Gasteiger partial charge on any atom is -0.481 e. The molecule has 0 atom stereocenters. The smallest absolute Gasteiger partial charge is 0.307 e. The van der Waals surface area contributed by atoms with Crippen LogP contribution in [0.25, 0.3) is 22.3 Å². The van der Waals surface area contributed by atoms with Gasteiger partial charge in [0.25, 0.3) is 0 Å². The number of carboxylic acids is 2. The highest BCUT2D eigenvalue weighted by Crippen LogP contribution is 2.20. The fourth-order valence-corrected chi connectivity index (χ4v) is 3.46. The van der Waals surface area contributed by atoms with Crippen LogP contribution in [0.3, 0.4) is 0 Å². The molecule has 4 aromatic carbocycles. The minimum absolute atomic E-state index is 0.0417. The van der Waals surface area contributed by atoms with Crippen LogP contribution in [0.15, 0.2) is 109 Å². The van der Waals surface area contributed by atoms with Crippen LogP contribution < -0.4 is 0 Å². The highest BCUT2D eigenvalue weighted by molar-refractivity contribution is 5.97. The third-order valence-electron chi connectivity index (χ3n) is 5.30. The van der Waals surface area contributed by atoms with Gasteiger partial charge in [-0.25, -0.2) is 0 Å². The first-order valence-electron chi connectivity index (χ1n) is 11.2. The number of aliphatic carboxylic acids is 2. The number of hydrogen-bond donors (Lipinski definition) is 2. The molecule has 0 unspecified atom stereocenters. The zero-order valence-corrected chi connectivity index (χ0v) is 19.1. The topological polar surface area (TPSA) is 91.7 Å². The molecule has 0 aliphatic carbocycles. The molecule has 0 heterocycles. The first kappa shape index (κ1) is 25.1. The molecule has 2 N–H and O–H groups in total. The van der Waals surface area contributed by atoms with Crippen molar-refractivity contribution in [1.29, 1.82) is 0 Å². The Kier molecular flexibility index (Phi) is 9.08. The lowest BCUT2D eigenvalue weighted by atomic mass is 10.0. The molecule has 0 saturated carbocycles. The molecule has 4 rings (SSSR count). The third kappa shape index (κ3) is 8.09. The Morgan fingerprint density at radius 2 is 0.914 bits per heavy atom. The number of ketones is 1. The SMILES string of the molecule is O=C(O)CCC(=O)c1ccc(-c2ccccc2)cc1.O=C(O)Cc1ccc(-c2ccccc2)cc1. The van der Waals surface area contributed by atoms with Crippen molar-refractivity contribution >= 4 is 17.7 Å². The molecule has 0 bridgehead atoms. The van der Waals surface area contributed by atoms with E-state index in [0.29, 0.717) is 5.56 Å².